The number of carbonyl (C=O) groups is 3. The van der Waals surface area contributed by atoms with Gasteiger partial charge in [0.2, 0.25) is 5.91 Å². The molecule has 3 aliphatic heterocycles. The van der Waals surface area contributed by atoms with Crippen molar-refractivity contribution in [3.63, 3.8) is 0 Å². The van der Waals surface area contributed by atoms with Crippen LogP contribution in [0.5, 0.6) is 0 Å². The van der Waals surface area contributed by atoms with Crippen molar-refractivity contribution in [2.24, 2.45) is 5.73 Å². The lowest BCUT2D eigenvalue weighted by molar-refractivity contribution is -0.153. The van der Waals surface area contributed by atoms with E-state index in [1.54, 1.807) is 0 Å². The van der Waals surface area contributed by atoms with Gasteiger partial charge in [0.15, 0.2) is 11.8 Å². The van der Waals surface area contributed by atoms with Crippen LogP contribution in [0.3, 0.4) is 0 Å². The van der Waals surface area contributed by atoms with Gasteiger partial charge in [0.25, 0.3) is 0 Å². The minimum absolute atomic E-state index is 0.0538. The van der Waals surface area contributed by atoms with Crippen LogP contribution in [0, 0.1) is 0 Å². The minimum atomic E-state index is -0.683. The van der Waals surface area contributed by atoms with Crippen LogP contribution in [0.25, 0.3) is 0 Å². The number of β-lactam (4-membered cyclic amide) rings is 1. The number of cyclic esters (lactones) is 1. The number of fused-ring (bicyclic) bond motifs is 1. The molecule has 174 valence electrons. The second-order valence-corrected chi connectivity index (χ2v) is 9.12. The molecule has 8 nitrogen and oxygen atoms in total. The van der Waals surface area contributed by atoms with E-state index in [-0.39, 0.29) is 30.2 Å². The normalized spacial score (nSPS) is 21.6. The van der Waals surface area contributed by atoms with Crippen LogP contribution in [0.4, 0.5) is 0 Å². The zero-order valence-corrected chi connectivity index (χ0v) is 18.9. The molecule has 1 amide bonds. The SMILES string of the molecule is N[C@@H]1C(=O)N2C(C(=O)OC(c3ccccc3)c3ccccc3)=C(OCC3=CC(=O)OC3)CS[C@@H]12. The van der Waals surface area contributed by atoms with Gasteiger partial charge in [-0.05, 0) is 11.1 Å². The lowest BCUT2D eigenvalue weighted by Gasteiger charge is -2.47. The number of esters is 2. The summed E-state index contributed by atoms with van der Waals surface area (Å²) in [7, 11) is 0. The van der Waals surface area contributed by atoms with E-state index in [0.29, 0.717) is 17.1 Å². The highest BCUT2D eigenvalue weighted by atomic mass is 32.2. The quantitative estimate of drug-likeness (QED) is 0.477. The third-order valence-corrected chi connectivity index (χ3v) is 7.03. The molecular weight excluding hydrogens is 456 g/mol. The molecule has 1 fully saturated rings. The summed E-state index contributed by atoms with van der Waals surface area (Å²) in [4.78, 5) is 38.9. The Kier molecular flexibility index (Phi) is 6.12. The predicted molar refractivity (Wildman–Crippen MR) is 124 cm³/mol. The lowest BCUT2D eigenvalue weighted by Crippen LogP contribution is -2.68. The van der Waals surface area contributed by atoms with E-state index in [2.05, 4.69) is 0 Å². The van der Waals surface area contributed by atoms with Crippen molar-refractivity contribution >= 4 is 29.6 Å². The Morgan fingerprint density at radius 3 is 2.32 bits per heavy atom. The Morgan fingerprint density at radius 2 is 1.74 bits per heavy atom. The summed E-state index contributed by atoms with van der Waals surface area (Å²) in [5.74, 6) is -0.809. The standard InChI is InChI=1S/C25H22N2O6S/c26-20-23(29)27-21(18(14-34-24(20)27)31-12-15-11-19(28)32-13-15)25(30)33-22(16-7-3-1-4-8-16)17-9-5-2-6-10-17/h1-11,20,22,24H,12-14,26H2/t20-,24+/m1/s1. The largest absolute Gasteiger partial charge is 0.490 e. The van der Waals surface area contributed by atoms with Crippen molar-refractivity contribution in [2.75, 3.05) is 19.0 Å². The van der Waals surface area contributed by atoms with Gasteiger partial charge >= 0.3 is 11.9 Å². The summed E-state index contributed by atoms with van der Waals surface area (Å²) in [5.41, 5.74) is 8.26. The molecule has 2 aromatic carbocycles. The van der Waals surface area contributed by atoms with Gasteiger partial charge in [0, 0.05) is 11.6 Å². The number of thioether (sulfide) groups is 1. The van der Waals surface area contributed by atoms with Crippen LogP contribution in [-0.2, 0) is 28.6 Å². The summed E-state index contributed by atoms with van der Waals surface area (Å²) < 4.78 is 16.8. The highest BCUT2D eigenvalue weighted by Crippen LogP contribution is 2.41. The molecular formula is C25H22N2O6S. The number of carbonyl (C=O) groups excluding carboxylic acids is 3. The Morgan fingerprint density at radius 1 is 1.09 bits per heavy atom. The molecule has 34 heavy (non-hydrogen) atoms. The van der Waals surface area contributed by atoms with E-state index < -0.39 is 24.1 Å². The van der Waals surface area contributed by atoms with Gasteiger partial charge in [0.05, 0.1) is 5.75 Å². The van der Waals surface area contributed by atoms with Crippen molar-refractivity contribution in [3.05, 3.63) is 94.9 Å². The number of benzene rings is 2. The number of rotatable bonds is 7. The number of nitrogens with two attached hydrogens (primary N) is 1. The summed E-state index contributed by atoms with van der Waals surface area (Å²) in [6.45, 7) is 0.206. The van der Waals surface area contributed by atoms with Crippen LogP contribution < -0.4 is 5.73 Å². The van der Waals surface area contributed by atoms with Crippen LogP contribution in [-0.4, -0.2) is 53.1 Å². The fourth-order valence-electron chi connectivity index (χ4n) is 4.01. The monoisotopic (exact) mass is 478 g/mol. The Balaban J connectivity index is 1.46. The van der Waals surface area contributed by atoms with Crippen molar-refractivity contribution in [3.8, 4) is 0 Å². The first-order valence-corrected chi connectivity index (χ1v) is 11.8. The van der Waals surface area contributed by atoms with E-state index >= 15 is 0 Å². The summed E-state index contributed by atoms with van der Waals surface area (Å²) >= 11 is 1.42. The van der Waals surface area contributed by atoms with Crippen LogP contribution in [0.2, 0.25) is 0 Å². The van der Waals surface area contributed by atoms with Gasteiger partial charge in [-0.2, -0.15) is 0 Å². The van der Waals surface area contributed by atoms with E-state index in [0.717, 1.165) is 11.1 Å². The van der Waals surface area contributed by atoms with E-state index in [9.17, 15) is 14.4 Å². The van der Waals surface area contributed by atoms with Gasteiger partial charge in [-0.15, -0.1) is 11.8 Å². The van der Waals surface area contributed by atoms with Gasteiger partial charge in [-0.3, -0.25) is 9.69 Å². The Bertz CT molecular complexity index is 1140. The maximum atomic E-state index is 13.6. The topological polar surface area (TPSA) is 108 Å². The molecule has 3 heterocycles. The van der Waals surface area contributed by atoms with Crippen molar-refractivity contribution in [2.45, 2.75) is 17.5 Å². The lowest BCUT2D eigenvalue weighted by atomic mass is 10.0. The second-order valence-electron chi connectivity index (χ2n) is 8.01. The number of nitrogens with zero attached hydrogens (tertiary/aromatic N) is 1. The van der Waals surface area contributed by atoms with Crippen LogP contribution >= 0.6 is 11.8 Å². The summed E-state index contributed by atoms with van der Waals surface area (Å²) in [6.07, 6.45) is 0.688. The first-order chi connectivity index (χ1) is 16.5. The van der Waals surface area contributed by atoms with Crippen LogP contribution in [0.15, 0.2) is 83.8 Å². The zero-order chi connectivity index (χ0) is 23.7. The Hall–Kier alpha value is -3.56. The summed E-state index contributed by atoms with van der Waals surface area (Å²) in [5, 5.41) is -0.357. The van der Waals surface area contributed by atoms with Crippen LogP contribution in [0.1, 0.15) is 17.2 Å². The number of ether oxygens (including phenoxy) is 3. The zero-order valence-electron chi connectivity index (χ0n) is 18.1. The van der Waals surface area contributed by atoms with Crippen molar-refractivity contribution < 1.29 is 28.6 Å². The maximum Gasteiger partial charge on any atom is 0.359 e. The third kappa shape index (κ3) is 4.20. The van der Waals surface area contributed by atoms with Gasteiger partial charge in [-0.25, -0.2) is 9.59 Å². The molecule has 0 bridgehead atoms. The van der Waals surface area contributed by atoms with E-state index in [1.165, 1.54) is 22.7 Å². The van der Waals surface area contributed by atoms with Gasteiger partial charge in [0.1, 0.15) is 30.4 Å². The molecule has 0 aromatic heterocycles. The second kappa shape index (κ2) is 9.36. The molecule has 0 saturated carbocycles. The molecule has 1 saturated heterocycles. The first kappa shape index (κ1) is 22.2. The molecule has 9 heteroatoms. The third-order valence-electron chi connectivity index (χ3n) is 5.75. The molecule has 0 aliphatic carbocycles. The van der Waals surface area contributed by atoms with E-state index in [4.69, 9.17) is 19.9 Å². The molecule has 0 unspecified atom stereocenters. The molecule has 3 aliphatic rings. The van der Waals surface area contributed by atoms with Crippen molar-refractivity contribution in [1.82, 2.24) is 4.90 Å². The minimum Gasteiger partial charge on any atom is -0.490 e. The maximum absolute atomic E-state index is 13.6. The molecule has 5 rings (SSSR count). The van der Waals surface area contributed by atoms with Gasteiger partial charge < -0.3 is 19.9 Å². The van der Waals surface area contributed by atoms with Crippen molar-refractivity contribution in [1.29, 1.82) is 0 Å². The molecule has 2 aromatic rings. The fraction of sp³-hybridized carbons (Fsp3) is 0.240. The first-order valence-electron chi connectivity index (χ1n) is 10.8. The molecule has 2 atom stereocenters. The Labute approximate surface area is 200 Å². The number of amides is 1. The average molecular weight is 479 g/mol. The predicted octanol–water partition coefficient (Wildman–Crippen LogP) is 2.27. The molecule has 0 spiro atoms. The smallest absolute Gasteiger partial charge is 0.359 e. The molecule has 2 N–H and O–H groups in total. The summed E-state index contributed by atoms with van der Waals surface area (Å²) in [6, 6.07) is 18.1. The van der Waals surface area contributed by atoms with Gasteiger partial charge in [-0.1, -0.05) is 60.7 Å². The number of hydrogen-bond donors (Lipinski definition) is 1. The molecule has 0 radical (unpaired) electrons. The fourth-order valence-corrected chi connectivity index (χ4v) is 5.24. The van der Waals surface area contributed by atoms with E-state index in [1.807, 2.05) is 60.7 Å². The highest BCUT2D eigenvalue weighted by molar-refractivity contribution is 8.00. The average Bonchev–Trinajstić information content (AvgIpc) is 3.30. The highest BCUT2D eigenvalue weighted by Gasteiger charge is 2.53. The number of hydrogen-bond acceptors (Lipinski definition) is 8.